The van der Waals surface area contributed by atoms with Gasteiger partial charge in [-0.15, -0.1) is 0 Å². The van der Waals surface area contributed by atoms with Gasteiger partial charge in [0.05, 0.1) is 6.61 Å². The predicted molar refractivity (Wildman–Crippen MR) is 68.7 cm³/mol. The Labute approximate surface area is 102 Å². The van der Waals surface area contributed by atoms with Gasteiger partial charge in [0.2, 0.25) is 5.91 Å². The molecule has 4 nitrogen and oxygen atoms in total. The van der Waals surface area contributed by atoms with Gasteiger partial charge < -0.3 is 15.8 Å². The minimum absolute atomic E-state index is 0.0389. The van der Waals surface area contributed by atoms with Crippen molar-refractivity contribution in [3.05, 3.63) is 29.8 Å². The van der Waals surface area contributed by atoms with Gasteiger partial charge >= 0.3 is 0 Å². The molecule has 1 amide bonds. The first kappa shape index (κ1) is 13.5. The molecule has 0 aliphatic heterocycles. The minimum Gasteiger partial charge on any atom is -0.399 e. The normalized spacial score (nSPS) is 12.1. The number of amides is 1. The van der Waals surface area contributed by atoms with E-state index < -0.39 is 0 Å². The summed E-state index contributed by atoms with van der Waals surface area (Å²) < 4.78 is 4.95. The zero-order valence-corrected chi connectivity index (χ0v) is 10.4. The van der Waals surface area contributed by atoms with Gasteiger partial charge in [-0.1, -0.05) is 12.1 Å². The molecule has 1 unspecified atom stereocenters. The molecular formula is C13H20N2O2. The molecule has 3 N–H and O–H groups in total. The number of ether oxygens (including phenoxy) is 1. The van der Waals surface area contributed by atoms with E-state index in [1.165, 1.54) is 0 Å². The number of benzene rings is 1. The Morgan fingerprint density at radius 2 is 2.29 bits per heavy atom. The first-order chi connectivity index (χ1) is 8.11. The number of nitrogens with one attached hydrogen (secondary N) is 1. The van der Waals surface area contributed by atoms with E-state index >= 15 is 0 Å². The fourth-order valence-electron chi connectivity index (χ4n) is 1.65. The predicted octanol–water partition coefficient (Wildman–Crippen LogP) is 1.35. The lowest BCUT2D eigenvalue weighted by molar-refractivity contribution is -0.122. The van der Waals surface area contributed by atoms with Gasteiger partial charge in [0, 0.05) is 25.3 Å². The third kappa shape index (κ3) is 5.36. The molecule has 94 valence electrons. The van der Waals surface area contributed by atoms with Crippen LogP contribution < -0.4 is 11.1 Å². The molecule has 0 aliphatic carbocycles. The molecule has 0 radical (unpaired) electrons. The van der Waals surface area contributed by atoms with Crippen LogP contribution >= 0.6 is 0 Å². The quantitative estimate of drug-likeness (QED) is 0.733. The highest BCUT2D eigenvalue weighted by atomic mass is 16.5. The van der Waals surface area contributed by atoms with Gasteiger partial charge in [0.1, 0.15) is 0 Å². The Morgan fingerprint density at radius 1 is 1.53 bits per heavy atom. The van der Waals surface area contributed by atoms with Crippen molar-refractivity contribution in [3.63, 3.8) is 0 Å². The molecular weight excluding hydrogens is 216 g/mol. The molecule has 0 aliphatic rings. The van der Waals surface area contributed by atoms with Crippen molar-refractivity contribution in [1.82, 2.24) is 5.32 Å². The van der Waals surface area contributed by atoms with E-state index in [0.29, 0.717) is 19.4 Å². The summed E-state index contributed by atoms with van der Waals surface area (Å²) in [7, 11) is 1.62. The summed E-state index contributed by atoms with van der Waals surface area (Å²) in [5, 5.41) is 2.87. The summed E-state index contributed by atoms with van der Waals surface area (Å²) in [5.41, 5.74) is 7.48. The highest BCUT2D eigenvalue weighted by molar-refractivity contribution is 5.76. The third-order valence-corrected chi connectivity index (χ3v) is 2.42. The van der Waals surface area contributed by atoms with Crippen LogP contribution in [0.15, 0.2) is 24.3 Å². The summed E-state index contributed by atoms with van der Waals surface area (Å²) in [6.07, 6.45) is 1.17. The molecule has 0 bridgehead atoms. The summed E-state index contributed by atoms with van der Waals surface area (Å²) in [6.45, 7) is 2.45. The van der Waals surface area contributed by atoms with Crippen molar-refractivity contribution in [2.24, 2.45) is 0 Å². The Bertz CT molecular complexity index is 366. The van der Waals surface area contributed by atoms with Crippen LogP contribution in [0, 0.1) is 0 Å². The Balaban J connectivity index is 2.33. The number of nitrogen functional groups attached to an aromatic ring is 1. The number of aryl methyl sites for hydroxylation is 1. The van der Waals surface area contributed by atoms with Crippen molar-refractivity contribution in [3.8, 4) is 0 Å². The zero-order valence-electron chi connectivity index (χ0n) is 10.4. The second kappa shape index (κ2) is 6.91. The average Bonchev–Trinajstić information content (AvgIpc) is 2.27. The van der Waals surface area contributed by atoms with Gasteiger partial charge in [-0.2, -0.15) is 0 Å². The molecule has 4 heteroatoms. The third-order valence-electron chi connectivity index (χ3n) is 2.42. The summed E-state index contributed by atoms with van der Waals surface area (Å²) in [5.74, 6) is 0.0389. The number of anilines is 1. The first-order valence-corrected chi connectivity index (χ1v) is 5.74. The zero-order chi connectivity index (χ0) is 12.7. The maximum atomic E-state index is 11.6. The molecule has 0 spiro atoms. The van der Waals surface area contributed by atoms with Crippen molar-refractivity contribution in [1.29, 1.82) is 0 Å². The minimum atomic E-state index is 0.0389. The maximum absolute atomic E-state index is 11.6. The Hall–Kier alpha value is -1.55. The van der Waals surface area contributed by atoms with E-state index in [9.17, 15) is 4.79 Å². The highest BCUT2D eigenvalue weighted by Crippen LogP contribution is 2.08. The van der Waals surface area contributed by atoms with Crippen molar-refractivity contribution < 1.29 is 9.53 Å². The average molecular weight is 236 g/mol. The molecule has 0 saturated heterocycles. The van der Waals surface area contributed by atoms with Crippen LogP contribution in [-0.4, -0.2) is 25.7 Å². The van der Waals surface area contributed by atoms with Crippen LogP contribution in [0.2, 0.25) is 0 Å². The van der Waals surface area contributed by atoms with Crippen LogP contribution in [-0.2, 0) is 16.0 Å². The summed E-state index contributed by atoms with van der Waals surface area (Å²) in [6, 6.07) is 7.65. The largest absolute Gasteiger partial charge is 0.399 e. The molecule has 1 rings (SSSR count). The molecule has 1 aromatic carbocycles. The van der Waals surface area contributed by atoms with Crippen LogP contribution in [0.3, 0.4) is 0 Å². The SMILES string of the molecule is COCC(C)NC(=O)CCc1cccc(N)c1. The lowest BCUT2D eigenvalue weighted by atomic mass is 10.1. The summed E-state index contributed by atoms with van der Waals surface area (Å²) >= 11 is 0. The number of hydrogen-bond acceptors (Lipinski definition) is 3. The fourth-order valence-corrected chi connectivity index (χ4v) is 1.65. The standard InChI is InChI=1S/C13H20N2O2/c1-10(9-17-2)15-13(16)7-6-11-4-3-5-12(14)8-11/h3-5,8,10H,6-7,9,14H2,1-2H3,(H,15,16). The summed E-state index contributed by atoms with van der Waals surface area (Å²) in [4.78, 5) is 11.6. The maximum Gasteiger partial charge on any atom is 0.220 e. The topological polar surface area (TPSA) is 64.3 Å². The van der Waals surface area contributed by atoms with E-state index in [0.717, 1.165) is 11.3 Å². The second-order valence-corrected chi connectivity index (χ2v) is 4.17. The second-order valence-electron chi connectivity index (χ2n) is 4.17. The van der Waals surface area contributed by atoms with Gasteiger partial charge in [-0.3, -0.25) is 4.79 Å². The molecule has 1 atom stereocenters. The van der Waals surface area contributed by atoms with Crippen LogP contribution in [0.25, 0.3) is 0 Å². The van der Waals surface area contributed by atoms with Crippen LogP contribution in [0.5, 0.6) is 0 Å². The molecule has 1 aromatic rings. The molecule has 17 heavy (non-hydrogen) atoms. The Morgan fingerprint density at radius 3 is 2.94 bits per heavy atom. The van der Waals surface area contributed by atoms with Gasteiger partial charge in [0.15, 0.2) is 0 Å². The lowest BCUT2D eigenvalue weighted by Crippen LogP contribution is -2.35. The van der Waals surface area contributed by atoms with Gasteiger partial charge in [-0.05, 0) is 31.0 Å². The monoisotopic (exact) mass is 236 g/mol. The lowest BCUT2D eigenvalue weighted by Gasteiger charge is -2.12. The van der Waals surface area contributed by atoms with E-state index in [-0.39, 0.29) is 11.9 Å². The van der Waals surface area contributed by atoms with Crippen molar-refractivity contribution in [2.75, 3.05) is 19.5 Å². The van der Waals surface area contributed by atoms with Crippen LogP contribution in [0.1, 0.15) is 18.9 Å². The van der Waals surface area contributed by atoms with E-state index in [1.54, 1.807) is 7.11 Å². The Kier molecular flexibility index (Phi) is 5.49. The molecule has 0 fully saturated rings. The van der Waals surface area contributed by atoms with Crippen molar-refractivity contribution >= 4 is 11.6 Å². The molecule has 0 heterocycles. The fraction of sp³-hybridized carbons (Fsp3) is 0.462. The van der Waals surface area contributed by atoms with Crippen LogP contribution in [0.4, 0.5) is 5.69 Å². The number of nitrogens with two attached hydrogens (primary N) is 1. The van der Waals surface area contributed by atoms with E-state index in [4.69, 9.17) is 10.5 Å². The van der Waals surface area contributed by atoms with E-state index in [1.807, 2.05) is 31.2 Å². The number of hydrogen-bond donors (Lipinski definition) is 2. The van der Waals surface area contributed by atoms with Gasteiger partial charge in [0.25, 0.3) is 0 Å². The first-order valence-electron chi connectivity index (χ1n) is 5.74. The number of carbonyl (C=O) groups excluding carboxylic acids is 1. The molecule has 0 aromatic heterocycles. The number of methoxy groups -OCH3 is 1. The number of rotatable bonds is 6. The van der Waals surface area contributed by atoms with E-state index in [2.05, 4.69) is 5.32 Å². The van der Waals surface area contributed by atoms with Gasteiger partial charge in [-0.25, -0.2) is 0 Å². The highest BCUT2D eigenvalue weighted by Gasteiger charge is 2.06. The van der Waals surface area contributed by atoms with Crippen molar-refractivity contribution in [2.45, 2.75) is 25.8 Å². The smallest absolute Gasteiger partial charge is 0.220 e. The molecule has 0 saturated carbocycles. The number of carbonyl (C=O) groups is 1.